The summed E-state index contributed by atoms with van der Waals surface area (Å²) in [5, 5.41) is 4.34. The Bertz CT molecular complexity index is 397. The molecule has 0 radical (unpaired) electrons. The minimum atomic E-state index is 0.444. The predicted molar refractivity (Wildman–Crippen MR) is 69.5 cm³/mol. The molecule has 0 fully saturated rings. The van der Waals surface area contributed by atoms with Crippen molar-refractivity contribution in [1.29, 1.82) is 0 Å². The lowest BCUT2D eigenvalue weighted by Gasteiger charge is -2.13. The molecule has 16 heavy (non-hydrogen) atoms. The molecule has 88 valence electrons. The van der Waals surface area contributed by atoms with E-state index in [1.165, 1.54) is 5.70 Å². The number of hydrogen-bond donors (Lipinski definition) is 1. The molecule has 1 heterocycles. The summed E-state index contributed by atoms with van der Waals surface area (Å²) < 4.78 is 1.95. The number of rotatable bonds is 4. The average Bonchev–Trinajstić information content (AvgIpc) is 2.67. The maximum Gasteiger partial charge on any atom is 0.0681 e. The number of aromatic nitrogens is 2. The van der Waals surface area contributed by atoms with E-state index in [4.69, 9.17) is 5.73 Å². The second-order valence-corrected chi connectivity index (χ2v) is 4.11. The van der Waals surface area contributed by atoms with Crippen LogP contribution >= 0.6 is 0 Å². The van der Waals surface area contributed by atoms with Crippen LogP contribution in [0.4, 0.5) is 0 Å². The Morgan fingerprint density at radius 1 is 1.56 bits per heavy atom. The Morgan fingerprint density at radius 2 is 2.25 bits per heavy atom. The van der Waals surface area contributed by atoms with Gasteiger partial charge >= 0.3 is 0 Å². The van der Waals surface area contributed by atoms with Gasteiger partial charge in [0.2, 0.25) is 0 Å². The maximum atomic E-state index is 5.85. The first-order valence-corrected chi connectivity index (χ1v) is 5.76. The van der Waals surface area contributed by atoms with Crippen LogP contribution in [0, 0.1) is 5.92 Å². The zero-order valence-electron chi connectivity index (χ0n) is 10.6. The molecule has 0 bridgehead atoms. The van der Waals surface area contributed by atoms with Gasteiger partial charge in [-0.3, -0.25) is 0 Å². The highest BCUT2D eigenvalue weighted by atomic mass is 15.3. The van der Waals surface area contributed by atoms with Crippen LogP contribution in [0.3, 0.4) is 0 Å². The van der Waals surface area contributed by atoms with Gasteiger partial charge in [-0.1, -0.05) is 26.8 Å². The quantitative estimate of drug-likeness (QED) is 0.845. The van der Waals surface area contributed by atoms with Gasteiger partial charge in [0.05, 0.1) is 5.69 Å². The second kappa shape index (κ2) is 5.54. The number of hydrogen-bond acceptors (Lipinski definition) is 2. The fourth-order valence-corrected chi connectivity index (χ4v) is 1.63. The van der Waals surface area contributed by atoms with Crippen molar-refractivity contribution in [2.24, 2.45) is 11.7 Å². The zero-order chi connectivity index (χ0) is 12.1. The van der Waals surface area contributed by atoms with Crippen molar-refractivity contribution in [3.05, 3.63) is 29.7 Å². The van der Waals surface area contributed by atoms with Gasteiger partial charge in [0.25, 0.3) is 0 Å². The largest absolute Gasteiger partial charge is 0.402 e. The van der Waals surface area contributed by atoms with E-state index in [0.29, 0.717) is 5.92 Å². The Kier molecular flexibility index (Phi) is 4.35. The number of nitrogens with zero attached hydrogens (tertiary/aromatic N) is 2. The normalized spacial score (nSPS) is 13.6. The fourth-order valence-electron chi connectivity index (χ4n) is 1.63. The van der Waals surface area contributed by atoms with Crippen molar-refractivity contribution in [1.82, 2.24) is 9.78 Å². The minimum absolute atomic E-state index is 0.444. The molecule has 0 saturated carbocycles. The van der Waals surface area contributed by atoms with Crippen LogP contribution < -0.4 is 5.73 Å². The smallest absolute Gasteiger partial charge is 0.0681 e. The second-order valence-electron chi connectivity index (χ2n) is 4.11. The maximum absolute atomic E-state index is 5.85. The molecular formula is C13H21N3. The fraction of sp³-hybridized carbons (Fsp3) is 0.462. The Labute approximate surface area is 97.6 Å². The van der Waals surface area contributed by atoms with Crippen LogP contribution in [0.2, 0.25) is 0 Å². The topological polar surface area (TPSA) is 43.8 Å². The standard InChI is InChI=1S/C13H21N3/c1-5-11(14)9-12-7-8-15-16(12)13(6-2)10(3)4/h6-10H,5,14H2,1-4H3/b11-9-,13-6-. The van der Waals surface area contributed by atoms with Crippen LogP contribution in [0.1, 0.15) is 39.8 Å². The summed E-state index contributed by atoms with van der Waals surface area (Å²) in [6.07, 6.45) is 6.74. The SMILES string of the molecule is C/C=C(/C(C)C)n1nccc1/C=C(\N)CC. The summed E-state index contributed by atoms with van der Waals surface area (Å²) >= 11 is 0. The van der Waals surface area contributed by atoms with Crippen molar-refractivity contribution in [2.45, 2.75) is 34.1 Å². The van der Waals surface area contributed by atoms with Crippen molar-refractivity contribution in [2.75, 3.05) is 0 Å². The Balaban J connectivity index is 3.12. The van der Waals surface area contributed by atoms with Crippen molar-refractivity contribution < 1.29 is 0 Å². The molecule has 1 aromatic rings. The highest BCUT2D eigenvalue weighted by Gasteiger charge is 2.08. The molecule has 0 aromatic carbocycles. The first-order chi connectivity index (χ1) is 7.60. The average molecular weight is 219 g/mol. The third kappa shape index (κ3) is 2.75. The number of nitrogens with two attached hydrogens (primary N) is 1. The molecule has 0 spiro atoms. The summed E-state index contributed by atoms with van der Waals surface area (Å²) in [4.78, 5) is 0. The van der Waals surface area contributed by atoms with Crippen molar-refractivity contribution >= 4 is 11.8 Å². The summed E-state index contributed by atoms with van der Waals surface area (Å²) in [5.41, 5.74) is 8.96. The van der Waals surface area contributed by atoms with E-state index in [1.807, 2.05) is 30.7 Å². The lowest BCUT2D eigenvalue weighted by molar-refractivity contribution is 0.738. The summed E-state index contributed by atoms with van der Waals surface area (Å²) in [6.45, 7) is 8.40. The highest BCUT2D eigenvalue weighted by Crippen LogP contribution is 2.18. The van der Waals surface area contributed by atoms with Gasteiger partial charge in [0.15, 0.2) is 0 Å². The monoisotopic (exact) mass is 219 g/mol. The summed E-state index contributed by atoms with van der Waals surface area (Å²) in [7, 11) is 0. The van der Waals surface area contributed by atoms with Crippen LogP contribution in [0.5, 0.6) is 0 Å². The van der Waals surface area contributed by atoms with E-state index in [2.05, 4.69) is 25.0 Å². The molecular weight excluding hydrogens is 198 g/mol. The van der Waals surface area contributed by atoms with Gasteiger partial charge in [0, 0.05) is 17.6 Å². The van der Waals surface area contributed by atoms with Gasteiger partial charge in [-0.2, -0.15) is 5.10 Å². The van der Waals surface area contributed by atoms with Crippen molar-refractivity contribution in [3.63, 3.8) is 0 Å². The third-order valence-corrected chi connectivity index (χ3v) is 2.55. The minimum Gasteiger partial charge on any atom is -0.402 e. The van der Waals surface area contributed by atoms with Gasteiger partial charge < -0.3 is 5.73 Å². The first kappa shape index (κ1) is 12.6. The lowest BCUT2D eigenvalue weighted by atomic mass is 10.1. The molecule has 0 aliphatic rings. The molecule has 0 atom stereocenters. The first-order valence-electron chi connectivity index (χ1n) is 5.76. The van der Waals surface area contributed by atoms with Crippen LogP contribution in [-0.4, -0.2) is 9.78 Å². The van der Waals surface area contributed by atoms with E-state index in [-0.39, 0.29) is 0 Å². The molecule has 3 nitrogen and oxygen atoms in total. The van der Waals surface area contributed by atoms with Crippen LogP contribution in [0.15, 0.2) is 24.0 Å². The molecule has 0 saturated heterocycles. The van der Waals surface area contributed by atoms with E-state index >= 15 is 0 Å². The Morgan fingerprint density at radius 3 is 2.75 bits per heavy atom. The van der Waals surface area contributed by atoms with Gasteiger partial charge in [-0.05, 0) is 31.4 Å². The summed E-state index contributed by atoms with van der Waals surface area (Å²) in [6, 6.07) is 1.98. The zero-order valence-corrected chi connectivity index (χ0v) is 10.6. The van der Waals surface area contributed by atoms with E-state index in [9.17, 15) is 0 Å². The molecule has 0 unspecified atom stereocenters. The van der Waals surface area contributed by atoms with E-state index in [0.717, 1.165) is 17.8 Å². The summed E-state index contributed by atoms with van der Waals surface area (Å²) in [5.74, 6) is 0.444. The lowest BCUT2D eigenvalue weighted by Crippen LogP contribution is -2.07. The molecule has 1 aromatic heterocycles. The van der Waals surface area contributed by atoms with Gasteiger partial charge in [-0.25, -0.2) is 4.68 Å². The molecule has 0 amide bonds. The third-order valence-electron chi connectivity index (χ3n) is 2.55. The van der Waals surface area contributed by atoms with Gasteiger partial charge in [-0.15, -0.1) is 0 Å². The Hall–Kier alpha value is -1.51. The van der Waals surface area contributed by atoms with Gasteiger partial charge in [0.1, 0.15) is 0 Å². The van der Waals surface area contributed by atoms with Crippen molar-refractivity contribution in [3.8, 4) is 0 Å². The molecule has 1 rings (SSSR count). The predicted octanol–water partition coefficient (Wildman–Crippen LogP) is 3.11. The molecule has 3 heteroatoms. The van der Waals surface area contributed by atoms with E-state index in [1.54, 1.807) is 6.20 Å². The molecule has 0 aliphatic carbocycles. The van der Waals surface area contributed by atoms with E-state index < -0.39 is 0 Å². The van der Waals surface area contributed by atoms with Crippen LogP contribution in [0.25, 0.3) is 11.8 Å². The van der Waals surface area contributed by atoms with Crippen LogP contribution in [-0.2, 0) is 0 Å². The molecule has 2 N–H and O–H groups in total. The number of allylic oxidation sites excluding steroid dienone is 3. The molecule has 0 aliphatic heterocycles. The highest BCUT2D eigenvalue weighted by molar-refractivity contribution is 5.56.